The highest BCUT2D eigenvalue weighted by atomic mass is 16.5. The fourth-order valence-corrected chi connectivity index (χ4v) is 1.79. The molecule has 1 aliphatic carbocycles. The molecule has 2 unspecified atom stereocenters. The van der Waals surface area contributed by atoms with Crippen LogP contribution < -0.4 is 5.32 Å². The predicted molar refractivity (Wildman–Crippen MR) is 65.1 cm³/mol. The van der Waals surface area contributed by atoms with E-state index < -0.39 is 5.54 Å². The Morgan fingerprint density at radius 1 is 1.56 bits per heavy atom. The average molecular weight is 224 g/mol. The molecule has 0 bridgehead atoms. The summed E-state index contributed by atoms with van der Waals surface area (Å²) in [5, 5.41) is 12.5. The smallest absolute Gasteiger partial charge is 0.106 e. The Bertz CT molecular complexity index is 245. The molecule has 16 heavy (non-hydrogen) atoms. The van der Waals surface area contributed by atoms with Gasteiger partial charge < -0.3 is 4.74 Å². The van der Waals surface area contributed by atoms with Gasteiger partial charge in [0.15, 0.2) is 0 Å². The van der Waals surface area contributed by atoms with Crippen LogP contribution in [0.25, 0.3) is 0 Å². The van der Waals surface area contributed by atoms with Crippen LogP contribution in [0.3, 0.4) is 0 Å². The Balaban J connectivity index is 2.20. The molecule has 1 aliphatic rings. The second-order valence-corrected chi connectivity index (χ2v) is 5.08. The van der Waals surface area contributed by atoms with Crippen LogP contribution in [0.1, 0.15) is 52.9 Å². The van der Waals surface area contributed by atoms with Crippen molar-refractivity contribution in [2.45, 2.75) is 70.6 Å². The molecule has 2 atom stereocenters. The van der Waals surface area contributed by atoms with Crippen LogP contribution in [0.5, 0.6) is 0 Å². The van der Waals surface area contributed by atoms with Crippen molar-refractivity contribution >= 4 is 0 Å². The molecule has 1 saturated carbocycles. The maximum atomic E-state index is 9.16. The molecule has 0 saturated heterocycles. The summed E-state index contributed by atoms with van der Waals surface area (Å²) in [4.78, 5) is 0. The van der Waals surface area contributed by atoms with E-state index in [2.05, 4.69) is 25.2 Å². The first-order valence-electron chi connectivity index (χ1n) is 6.40. The van der Waals surface area contributed by atoms with E-state index >= 15 is 0 Å². The van der Waals surface area contributed by atoms with Crippen molar-refractivity contribution in [2.24, 2.45) is 0 Å². The summed E-state index contributed by atoms with van der Waals surface area (Å²) in [5.41, 5.74) is -0.410. The zero-order chi connectivity index (χ0) is 12.0. The van der Waals surface area contributed by atoms with Gasteiger partial charge in [-0.15, -0.1) is 0 Å². The highest BCUT2D eigenvalue weighted by molar-refractivity contribution is 5.06. The first kappa shape index (κ1) is 13.5. The summed E-state index contributed by atoms with van der Waals surface area (Å²) in [6, 6.07) is 2.93. The van der Waals surface area contributed by atoms with Crippen LogP contribution in [-0.2, 0) is 4.74 Å². The first-order chi connectivity index (χ1) is 7.59. The zero-order valence-corrected chi connectivity index (χ0v) is 10.8. The van der Waals surface area contributed by atoms with Gasteiger partial charge in [-0.25, -0.2) is 0 Å². The maximum Gasteiger partial charge on any atom is 0.106 e. The lowest BCUT2D eigenvalue weighted by molar-refractivity contribution is 0.0499. The summed E-state index contributed by atoms with van der Waals surface area (Å²) < 4.78 is 5.69. The molecule has 0 radical (unpaired) electrons. The molecule has 0 amide bonds. The van der Waals surface area contributed by atoms with Gasteiger partial charge in [0.05, 0.1) is 12.2 Å². The molecule has 92 valence electrons. The van der Waals surface area contributed by atoms with Crippen LogP contribution >= 0.6 is 0 Å². The number of ether oxygens (including phenoxy) is 1. The molecule has 0 aromatic carbocycles. The molecule has 3 heteroatoms. The lowest BCUT2D eigenvalue weighted by Crippen LogP contribution is -2.43. The lowest BCUT2D eigenvalue weighted by Gasteiger charge is -2.24. The van der Waals surface area contributed by atoms with Gasteiger partial charge in [-0.2, -0.15) is 5.26 Å². The standard InChI is InChI=1S/C13H24N2O/c1-4-5-11(2)16-9-8-13(3,10-14)15-12-6-7-12/h11-12,15H,4-9H2,1-3H3. The van der Waals surface area contributed by atoms with Gasteiger partial charge in [-0.1, -0.05) is 13.3 Å². The molecular weight excluding hydrogens is 200 g/mol. The fraction of sp³-hybridized carbons (Fsp3) is 0.923. The fourth-order valence-electron chi connectivity index (χ4n) is 1.79. The molecule has 0 heterocycles. The normalized spacial score (nSPS) is 21.1. The van der Waals surface area contributed by atoms with Crippen LogP contribution in [0.2, 0.25) is 0 Å². The minimum atomic E-state index is -0.410. The quantitative estimate of drug-likeness (QED) is 0.689. The van der Waals surface area contributed by atoms with E-state index in [0.717, 1.165) is 19.3 Å². The average Bonchev–Trinajstić information content (AvgIpc) is 3.02. The highest BCUT2D eigenvalue weighted by Gasteiger charge is 2.32. The molecule has 0 aromatic heterocycles. The van der Waals surface area contributed by atoms with E-state index in [-0.39, 0.29) is 0 Å². The van der Waals surface area contributed by atoms with E-state index in [9.17, 15) is 0 Å². The Morgan fingerprint density at radius 3 is 2.75 bits per heavy atom. The minimum absolute atomic E-state index is 0.314. The van der Waals surface area contributed by atoms with Gasteiger partial charge >= 0.3 is 0 Å². The third-order valence-corrected chi connectivity index (χ3v) is 3.05. The number of hydrogen-bond donors (Lipinski definition) is 1. The summed E-state index contributed by atoms with van der Waals surface area (Å²) in [6.45, 7) is 6.90. The Morgan fingerprint density at radius 2 is 2.25 bits per heavy atom. The summed E-state index contributed by atoms with van der Waals surface area (Å²) in [5.74, 6) is 0. The van der Waals surface area contributed by atoms with Crippen molar-refractivity contribution in [3.63, 3.8) is 0 Å². The third kappa shape index (κ3) is 4.96. The number of nitrogens with one attached hydrogen (secondary N) is 1. The lowest BCUT2D eigenvalue weighted by atomic mass is 10.0. The Hall–Kier alpha value is -0.590. The van der Waals surface area contributed by atoms with Gasteiger partial charge in [0, 0.05) is 19.1 Å². The monoisotopic (exact) mass is 224 g/mol. The topological polar surface area (TPSA) is 45.0 Å². The Labute approximate surface area is 99.2 Å². The molecule has 1 N–H and O–H groups in total. The molecule has 3 nitrogen and oxygen atoms in total. The van der Waals surface area contributed by atoms with Gasteiger partial charge in [-0.3, -0.25) is 5.32 Å². The van der Waals surface area contributed by atoms with E-state index in [1.807, 2.05) is 6.92 Å². The molecule has 1 rings (SSSR count). The Kier molecular flexibility index (Phi) is 5.24. The van der Waals surface area contributed by atoms with E-state index in [1.165, 1.54) is 12.8 Å². The number of hydrogen-bond acceptors (Lipinski definition) is 3. The first-order valence-corrected chi connectivity index (χ1v) is 6.40. The van der Waals surface area contributed by atoms with Crippen LogP contribution in [0.15, 0.2) is 0 Å². The molecule has 0 aromatic rings. The van der Waals surface area contributed by atoms with Crippen molar-refractivity contribution in [3.8, 4) is 6.07 Å². The maximum absolute atomic E-state index is 9.16. The molecule has 1 fully saturated rings. The van der Waals surface area contributed by atoms with Crippen LogP contribution in [-0.4, -0.2) is 24.3 Å². The van der Waals surface area contributed by atoms with Crippen molar-refractivity contribution in [1.29, 1.82) is 5.26 Å². The van der Waals surface area contributed by atoms with Crippen molar-refractivity contribution in [3.05, 3.63) is 0 Å². The second kappa shape index (κ2) is 6.22. The summed E-state index contributed by atoms with van der Waals surface area (Å²) >= 11 is 0. The van der Waals surface area contributed by atoms with Crippen molar-refractivity contribution in [1.82, 2.24) is 5.32 Å². The van der Waals surface area contributed by atoms with Gasteiger partial charge in [0.1, 0.15) is 5.54 Å². The SMILES string of the molecule is CCCC(C)OCCC(C)(C#N)NC1CC1. The van der Waals surface area contributed by atoms with Crippen LogP contribution in [0.4, 0.5) is 0 Å². The highest BCUT2D eigenvalue weighted by Crippen LogP contribution is 2.23. The van der Waals surface area contributed by atoms with E-state index in [4.69, 9.17) is 10.00 Å². The van der Waals surface area contributed by atoms with Crippen molar-refractivity contribution in [2.75, 3.05) is 6.61 Å². The van der Waals surface area contributed by atoms with Gasteiger partial charge in [0.25, 0.3) is 0 Å². The molecule has 0 aliphatic heterocycles. The summed E-state index contributed by atoms with van der Waals surface area (Å²) in [7, 11) is 0. The largest absolute Gasteiger partial charge is 0.378 e. The zero-order valence-electron chi connectivity index (χ0n) is 10.8. The minimum Gasteiger partial charge on any atom is -0.378 e. The second-order valence-electron chi connectivity index (χ2n) is 5.08. The number of nitrogens with zero attached hydrogens (tertiary/aromatic N) is 1. The van der Waals surface area contributed by atoms with Gasteiger partial charge in [-0.05, 0) is 33.1 Å². The van der Waals surface area contributed by atoms with Gasteiger partial charge in [0.2, 0.25) is 0 Å². The number of rotatable bonds is 8. The number of nitriles is 1. The molecule has 0 spiro atoms. The summed E-state index contributed by atoms with van der Waals surface area (Å²) in [6.07, 6.45) is 5.76. The third-order valence-electron chi connectivity index (χ3n) is 3.05. The van der Waals surface area contributed by atoms with E-state index in [0.29, 0.717) is 18.8 Å². The van der Waals surface area contributed by atoms with E-state index in [1.54, 1.807) is 0 Å². The predicted octanol–water partition coefficient (Wildman–Crippen LogP) is 2.62. The van der Waals surface area contributed by atoms with Crippen molar-refractivity contribution < 1.29 is 4.74 Å². The molecular formula is C13H24N2O. The van der Waals surface area contributed by atoms with Crippen LogP contribution in [0, 0.1) is 11.3 Å².